The van der Waals surface area contributed by atoms with E-state index < -0.39 is 12.0 Å². The summed E-state index contributed by atoms with van der Waals surface area (Å²) < 4.78 is 5.46. The number of hydrogen-bond acceptors (Lipinski definition) is 5. The fraction of sp³-hybridized carbons (Fsp3) is 0.417. The molecule has 1 unspecified atom stereocenters. The van der Waals surface area contributed by atoms with Gasteiger partial charge in [0.15, 0.2) is 0 Å². The minimum absolute atomic E-state index is 0.0481. The molecule has 0 fully saturated rings. The quantitative estimate of drug-likeness (QED) is 0.523. The number of amides is 1. The molecule has 0 spiro atoms. The zero-order chi connectivity index (χ0) is 13.5. The van der Waals surface area contributed by atoms with Gasteiger partial charge >= 0.3 is 0 Å². The zero-order valence-corrected chi connectivity index (χ0v) is 10.3. The third kappa shape index (κ3) is 4.14. The predicted molar refractivity (Wildman–Crippen MR) is 70.3 cm³/mol. The van der Waals surface area contributed by atoms with E-state index in [9.17, 15) is 9.90 Å². The summed E-state index contributed by atoms with van der Waals surface area (Å²) in [4.78, 5) is 10.7. The van der Waals surface area contributed by atoms with Crippen LogP contribution in [-0.4, -0.2) is 30.3 Å². The Bertz CT molecular complexity index is 410. The molecule has 0 aliphatic rings. The van der Waals surface area contributed by atoms with Crippen molar-refractivity contribution in [3.8, 4) is 5.75 Å². The van der Waals surface area contributed by atoms with Gasteiger partial charge < -0.3 is 26.6 Å². The molecule has 0 aliphatic heterocycles. The van der Waals surface area contributed by atoms with Crippen molar-refractivity contribution in [2.75, 3.05) is 24.2 Å². The van der Waals surface area contributed by atoms with E-state index in [0.717, 1.165) is 6.42 Å². The molecule has 0 aliphatic carbocycles. The van der Waals surface area contributed by atoms with E-state index in [-0.39, 0.29) is 6.54 Å². The van der Waals surface area contributed by atoms with Crippen LogP contribution in [0.5, 0.6) is 5.75 Å². The molecule has 1 aromatic rings. The number of aliphatic hydroxyl groups excluding tert-OH is 1. The third-order valence-electron chi connectivity index (χ3n) is 2.30. The Balaban J connectivity index is 2.63. The van der Waals surface area contributed by atoms with Crippen LogP contribution in [0.1, 0.15) is 13.3 Å². The number of hydrogen-bond donors (Lipinski definition) is 4. The Labute approximate surface area is 106 Å². The van der Waals surface area contributed by atoms with Crippen LogP contribution in [0.3, 0.4) is 0 Å². The molecular formula is C12H19N3O3. The predicted octanol–water partition coefficient (Wildman–Crippen LogP) is 0.316. The lowest BCUT2D eigenvalue weighted by Gasteiger charge is -2.13. The first kappa shape index (κ1) is 14.1. The fourth-order valence-electron chi connectivity index (χ4n) is 1.30. The van der Waals surface area contributed by atoms with Gasteiger partial charge in [-0.05, 0) is 18.6 Å². The highest BCUT2D eigenvalue weighted by atomic mass is 16.5. The van der Waals surface area contributed by atoms with Crippen molar-refractivity contribution in [2.24, 2.45) is 5.73 Å². The molecule has 0 radical (unpaired) electrons. The molecule has 6 heteroatoms. The van der Waals surface area contributed by atoms with Gasteiger partial charge in [-0.15, -0.1) is 0 Å². The highest BCUT2D eigenvalue weighted by molar-refractivity contribution is 5.79. The molecule has 6 N–H and O–H groups in total. The Morgan fingerprint density at radius 3 is 2.89 bits per heavy atom. The number of ether oxygens (including phenoxy) is 1. The maximum absolute atomic E-state index is 10.7. The smallest absolute Gasteiger partial charge is 0.248 e. The summed E-state index contributed by atoms with van der Waals surface area (Å²) in [7, 11) is 0. The van der Waals surface area contributed by atoms with Crippen molar-refractivity contribution >= 4 is 17.3 Å². The van der Waals surface area contributed by atoms with E-state index in [1.807, 2.05) is 6.92 Å². The number of anilines is 2. The first-order valence-electron chi connectivity index (χ1n) is 5.78. The van der Waals surface area contributed by atoms with Crippen LogP contribution in [-0.2, 0) is 4.79 Å². The summed E-state index contributed by atoms with van der Waals surface area (Å²) in [6.07, 6.45) is -0.333. The molecule has 0 aromatic heterocycles. The maximum atomic E-state index is 10.7. The number of carbonyl (C=O) groups excluding carboxylic acids is 1. The molecular weight excluding hydrogens is 234 g/mol. The van der Waals surface area contributed by atoms with Crippen LogP contribution in [0, 0.1) is 0 Å². The highest BCUT2D eigenvalue weighted by Crippen LogP contribution is 2.25. The standard InChI is InChI=1S/C12H19N3O3/c1-2-5-18-11-6-8(3-4-9(11)13)15-7-10(16)12(14)17/h3-4,6,10,15-16H,2,5,7,13H2,1H3,(H2,14,17). The molecule has 0 heterocycles. The lowest BCUT2D eigenvalue weighted by Crippen LogP contribution is -2.34. The topological polar surface area (TPSA) is 111 Å². The monoisotopic (exact) mass is 253 g/mol. The van der Waals surface area contributed by atoms with Gasteiger partial charge in [-0.25, -0.2) is 0 Å². The first-order chi connectivity index (χ1) is 8.54. The molecule has 0 bridgehead atoms. The number of nitrogens with one attached hydrogen (secondary N) is 1. The molecule has 1 rings (SSSR count). The number of carbonyl (C=O) groups is 1. The van der Waals surface area contributed by atoms with Crippen molar-refractivity contribution in [1.29, 1.82) is 0 Å². The summed E-state index contributed by atoms with van der Waals surface area (Å²) in [5.74, 6) is -0.184. The first-order valence-corrected chi connectivity index (χ1v) is 5.78. The zero-order valence-electron chi connectivity index (χ0n) is 10.3. The van der Waals surface area contributed by atoms with Crippen LogP contribution in [0.25, 0.3) is 0 Å². The van der Waals surface area contributed by atoms with Crippen molar-refractivity contribution in [1.82, 2.24) is 0 Å². The summed E-state index contributed by atoms with van der Waals surface area (Å²) in [6.45, 7) is 2.63. The Morgan fingerprint density at radius 2 is 2.28 bits per heavy atom. The molecule has 0 saturated heterocycles. The molecule has 1 amide bonds. The minimum Gasteiger partial charge on any atom is -0.491 e. The van der Waals surface area contributed by atoms with Crippen LogP contribution in [0.4, 0.5) is 11.4 Å². The van der Waals surface area contributed by atoms with E-state index in [1.165, 1.54) is 0 Å². The SMILES string of the molecule is CCCOc1cc(NCC(O)C(N)=O)ccc1N. The van der Waals surface area contributed by atoms with Gasteiger partial charge in [-0.1, -0.05) is 6.92 Å². The van der Waals surface area contributed by atoms with Gasteiger partial charge in [0.05, 0.1) is 12.3 Å². The average molecular weight is 253 g/mol. The second kappa shape index (κ2) is 6.70. The fourth-order valence-corrected chi connectivity index (χ4v) is 1.30. The number of aliphatic hydroxyl groups is 1. The van der Waals surface area contributed by atoms with Crippen molar-refractivity contribution < 1.29 is 14.6 Å². The largest absolute Gasteiger partial charge is 0.491 e. The van der Waals surface area contributed by atoms with Crippen LogP contribution in [0.15, 0.2) is 18.2 Å². The molecule has 1 atom stereocenters. The molecule has 100 valence electrons. The van der Waals surface area contributed by atoms with E-state index in [2.05, 4.69) is 5.32 Å². The van der Waals surface area contributed by atoms with E-state index in [1.54, 1.807) is 18.2 Å². The second-order valence-corrected chi connectivity index (χ2v) is 3.90. The van der Waals surface area contributed by atoms with Gasteiger partial charge in [-0.3, -0.25) is 4.79 Å². The molecule has 1 aromatic carbocycles. The molecule has 18 heavy (non-hydrogen) atoms. The molecule has 6 nitrogen and oxygen atoms in total. The Hall–Kier alpha value is -1.95. The lowest BCUT2D eigenvalue weighted by atomic mass is 10.2. The van der Waals surface area contributed by atoms with Gasteiger partial charge in [0.25, 0.3) is 0 Å². The van der Waals surface area contributed by atoms with E-state index in [0.29, 0.717) is 23.7 Å². The maximum Gasteiger partial charge on any atom is 0.248 e. The van der Waals surface area contributed by atoms with Crippen molar-refractivity contribution in [3.63, 3.8) is 0 Å². The number of rotatable bonds is 7. The van der Waals surface area contributed by atoms with Crippen LogP contribution >= 0.6 is 0 Å². The minimum atomic E-state index is -1.22. The number of nitrogens with two attached hydrogens (primary N) is 2. The van der Waals surface area contributed by atoms with Gasteiger partial charge in [0.2, 0.25) is 5.91 Å². The summed E-state index contributed by atoms with van der Waals surface area (Å²) >= 11 is 0. The van der Waals surface area contributed by atoms with E-state index >= 15 is 0 Å². The van der Waals surface area contributed by atoms with Gasteiger partial charge in [0, 0.05) is 18.3 Å². The van der Waals surface area contributed by atoms with Crippen LogP contribution in [0.2, 0.25) is 0 Å². The summed E-state index contributed by atoms with van der Waals surface area (Å²) in [5, 5.41) is 12.1. The third-order valence-corrected chi connectivity index (χ3v) is 2.30. The summed E-state index contributed by atoms with van der Waals surface area (Å²) in [5.41, 5.74) is 12.0. The highest BCUT2D eigenvalue weighted by Gasteiger charge is 2.10. The normalized spacial score (nSPS) is 11.9. The van der Waals surface area contributed by atoms with Gasteiger partial charge in [-0.2, -0.15) is 0 Å². The van der Waals surface area contributed by atoms with Crippen molar-refractivity contribution in [2.45, 2.75) is 19.4 Å². The van der Waals surface area contributed by atoms with Crippen molar-refractivity contribution in [3.05, 3.63) is 18.2 Å². The number of benzene rings is 1. The number of primary amides is 1. The Morgan fingerprint density at radius 1 is 1.56 bits per heavy atom. The van der Waals surface area contributed by atoms with Crippen LogP contribution < -0.4 is 21.5 Å². The van der Waals surface area contributed by atoms with E-state index in [4.69, 9.17) is 16.2 Å². The summed E-state index contributed by atoms with van der Waals surface area (Å²) in [6, 6.07) is 5.16. The lowest BCUT2D eigenvalue weighted by molar-refractivity contribution is -0.125. The van der Waals surface area contributed by atoms with Gasteiger partial charge in [0.1, 0.15) is 11.9 Å². The second-order valence-electron chi connectivity index (χ2n) is 3.90. The number of nitrogen functional groups attached to an aromatic ring is 1. The average Bonchev–Trinajstić information content (AvgIpc) is 2.35. The Kier molecular flexibility index (Phi) is 5.26. The molecule has 0 saturated carbocycles.